The Kier molecular flexibility index (Phi) is 3.81. The minimum Gasteiger partial charge on any atom is -0.300 e. The van der Waals surface area contributed by atoms with E-state index in [2.05, 4.69) is 10.3 Å². The first-order valence-electron chi connectivity index (χ1n) is 6.71. The van der Waals surface area contributed by atoms with Crippen LogP contribution in [0.25, 0.3) is 0 Å². The highest BCUT2D eigenvalue weighted by atomic mass is 32.1. The first kappa shape index (κ1) is 13.9. The summed E-state index contributed by atoms with van der Waals surface area (Å²) in [5, 5.41) is 3.16. The molecule has 0 radical (unpaired) electrons. The van der Waals surface area contributed by atoms with Crippen LogP contribution in [0.3, 0.4) is 0 Å². The molecule has 2 amide bonds. The zero-order valence-corrected chi connectivity index (χ0v) is 12.4. The van der Waals surface area contributed by atoms with Crippen molar-refractivity contribution in [2.75, 3.05) is 4.90 Å². The fraction of sp³-hybridized carbons (Fsp3) is 0.267. The minimum atomic E-state index is -0.459. The normalized spacial score (nSPS) is 18.5. The van der Waals surface area contributed by atoms with Crippen molar-refractivity contribution in [3.8, 4) is 0 Å². The number of aromatic nitrogens is 1. The Morgan fingerprint density at radius 3 is 2.76 bits per heavy atom. The number of aryl methyl sites for hydroxylation is 1. The quantitative estimate of drug-likeness (QED) is 0.876. The highest BCUT2D eigenvalue weighted by molar-refractivity contribution is 7.09. The second-order valence-electron chi connectivity index (χ2n) is 4.90. The zero-order valence-electron chi connectivity index (χ0n) is 11.6. The van der Waals surface area contributed by atoms with E-state index in [9.17, 15) is 9.59 Å². The number of amides is 2. The van der Waals surface area contributed by atoms with E-state index in [0.29, 0.717) is 12.2 Å². The molecule has 108 valence electrons. The predicted octanol–water partition coefficient (Wildman–Crippen LogP) is 1.87. The van der Waals surface area contributed by atoms with Crippen LogP contribution >= 0.6 is 11.3 Å². The average Bonchev–Trinajstić information content (AvgIpc) is 3.01. The van der Waals surface area contributed by atoms with Crippen LogP contribution in [0.1, 0.15) is 17.0 Å². The number of carbonyl (C=O) groups excluding carboxylic acids is 2. The third-order valence-electron chi connectivity index (χ3n) is 3.51. The van der Waals surface area contributed by atoms with Crippen LogP contribution in [-0.4, -0.2) is 22.8 Å². The van der Waals surface area contributed by atoms with Gasteiger partial charge in [-0.15, -0.1) is 11.3 Å². The molecule has 1 N–H and O–H groups in total. The molecule has 5 nitrogen and oxygen atoms in total. The van der Waals surface area contributed by atoms with Crippen LogP contribution in [0.15, 0.2) is 35.8 Å². The SMILES string of the molecule is Cc1ncsc1CNC1CC(=O)N(c2ccccc2)C1=O. The van der Waals surface area contributed by atoms with Gasteiger partial charge in [0, 0.05) is 11.4 Å². The zero-order chi connectivity index (χ0) is 14.8. The number of nitrogens with one attached hydrogen (secondary N) is 1. The summed E-state index contributed by atoms with van der Waals surface area (Å²) in [7, 11) is 0. The number of imide groups is 1. The number of hydrogen-bond acceptors (Lipinski definition) is 5. The summed E-state index contributed by atoms with van der Waals surface area (Å²) in [6.07, 6.45) is 0.200. The molecule has 1 aromatic heterocycles. The van der Waals surface area contributed by atoms with Gasteiger partial charge in [0.05, 0.1) is 29.4 Å². The fourth-order valence-corrected chi connectivity index (χ4v) is 3.08. The van der Waals surface area contributed by atoms with Crippen LogP contribution in [0.5, 0.6) is 0 Å². The van der Waals surface area contributed by atoms with E-state index >= 15 is 0 Å². The third-order valence-corrected chi connectivity index (χ3v) is 4.45. The molecular formula is C15H15N3O2S. The topological polar surface area (TPSA) is 62.3 Å². The molecule has 1 atom stereocenters. The molecule has 3 rings (SSSR count). The molecule has 0 saturated carbocycles. The molecular weight excluding hydrogens is 286 g/mol. The maximum atomic E-state index is 12.4. The molecule has 0 bridgehead atoms. The lowest BCUT2D eigenvalue weighted by Gasteiger charge is -2.15. The van der Waals surface area contributed by atoms with Crippen molar-refractivity contribution in [1.82, 2.24) is 10.3 Å². The number of carbonyl (C=O) groups is 2. The fourth-order valence-electron chi connectivity index (χ4n) is 2.35. The molecule has 1 unspecified atom stereocenters. The number of hydrogen-bond donors (Lipinski definition) is 1. The lowest BCUT2D eigenvalue weighted by Crippen LogP contribution is -2.38. The number of benzene rings is 1. The Hall–Kier alpha value is -2.05. The van der Waals surface area contributed by atoms with E-state index in [4.69, 9.17) is 0 Å². The van der Waals surface area contributed by atoms with Gasteiger partial charge in [0.25, 0.3) is 5.91 Å². The van der Waals surface area contributed by atoms with Crippen LogP contribution in [0.2, 0.25) is 0 Å². The number of anilines is 1. The number of rotatable bonds is 4. The van der Waals surface area contributed by atoms with Crippen LogP contribution in [0.4, 0.5) is 5.69 Å². The smallest absolute Gasteiger partial charge is 0.251 e. The Labute approximate surface area is 126 Å². The monoisotopic (exact) mass is 301 g/mol. The first-order valence-corrected chi connectivity index (χ1v) is 7.59. The molecule has 0 aliphatic carbocycles. The second-order valence-corrected chi connectivity index (χ2v) is 5.84. The van der Waals surface area contributed by atoms with Crippen molar-refractivity contribution < 1.29 is 9.59 Å². The third kappa shape index (κ3) is 2.72. The van der Waals surface area contributed by atoms with Crippen LogP contribution in [-0.2, 0) is 16.1 Å². The van der Waals surface area contributed by atoms with Gasteiger partial charge in [-0.1, -0.05) is 18.2 Å². The van der Waals surface area contributed by atoms with Gasteiger partial charge < -0.3 is 5.32 Å². The summed E-state index contributed by atoms with van der Waals surface area (Å²) in [6, 6.07) is 8.57. The van der Waals surface area contributed by atoms with Gasteiger partial charge in [0.1, 0.15) is 0 Å². The van der Waals surface area contributed by atoms with Crippen LogP contribution < -0.4 is 10.2 Å². The lowest BCUT2D eigenvalue weighted by atomic mass is 10.2. The molecule has 1 saturated heterocycles. The van der Waals surface area contributed by atoms with E-state index in [1.54, 1.807) is 29.0 Å². The van der Waals surface area contributed by atoms with Gasteiger partial charge in [-0.05, 0) is 19.1 Å². The van der Waals surface area contributed by atoms with Crippen molar-refractivity contribution in [3.63, 3.8) is 0 Å². The highest BCUT2D eigenvalue weighted by Crippen LogP contribution is 2.23. The molecule has 1 fully saturated rings. The Balaban J connectivity index is 1.71. The summed E-state index contributed by atoms with van der Waals surface area (Å²) < 4.78 is 0. The summed E-state index contributed by atoms with van der Waals surface area (Å²) in [5.74, 6) is -0.349. The molecule has 1 aliphatic heterocycles. The molecule has 1 aliphatic rings. The molecule has 2 heterocycles. The number of para-hydroxylation sites is 1. The Morgan fingerprint density at radius 2 is 2.10 bits per heavy atom. The summed E-state index contributed by atoms with van der Waals surface area (Å²) in [6.45, 7) is 2.49. The van der Waals surface area contributed by atoms with Crippen molar-refractivity contribution in [1.29, 1.82) is 0 Å². The van der Waals surface area contributed by atoms with E-state index in [1.807, 2.05) is 25.1 Å². The standard InChI is InChI=1S/C15H15N3O2S/c1-10-13(21-9-17-10)8-16-12-7-14(19)18(15(12)20)11-5-3-2-4-6-11/h2-6,9,12,16H,7-8H2,1H3. The molecule has 2 aromatic rings. The van der Waals surface area contributed by atoms with Gasteiger partial charge >= 0.3 is 0 Å². The Morgan fingerprint density at radius 1 is 1.33 bits per heavy atom. The summed E-state index contributed by atoms with van der Waals surface area (Å²) in [5.41, 5.74) is 3.37. The molecule has 6 heteroatoms. The summed E-state index contributed by atoms with van der Waals surface area (Å²) in [4.78, 5) is 31.0. The van der Waals surface area contributed by atoms with Crippen molar-refractivity contribution in [3.05, 3.63) is 46.4 Å². The number of thiazole rings is 1. The minimum absolute atomic E-state index is 0.162. The Bertz CT molecular complexity index is 669. The molecule has 0 spiro atoms. The maximum absolute atomic E-state index is 12.4. The van der Waals surface area contributed by atoms with Crippen LogP contribution in [0, 0.1) is 6.92 Å². The van der Waals surface area contributed by atoms with Gasteiger partial charge in [0.15, 0.2) is 0 Å². The number of nitrogens with zero attached hydrogens (tertiary/aromatic N) is 2. The molecule has 1 aromatic carbocycles. The second kappa shape index (κ2) is 5.75. The van der Waals surface area contributed by atoms with E-state index in [1.165, 1.54) is 4.90 Å². The highest BCUT2D eigenvalue weighted by Gasteiger charge is 2.39. The average molecular weight is 301 g/mol. The summed E-state index contributed by atoms with van der Waals surface area (Å²) >= 11 is 1.55. The predicted molar refractivity (Wildman–Crippen MR) is 81.0 cm³/mol. The van der Waals surface area contributed by atoms with E-state index in [-0.39, 0.29) is 18.2 Å². The van der Waals surface area contributed by atoms with Gasteiger partial charge in [-0.2, -0.15) is 0 Å². The lowest BCUT2D eigenvalue weighted by molar-refractivity contribution is -0.121. The van der Waals surface area contributed by atoms with Gasteiger partial charge in [-0.25, -0.2) is 9.88 Å². The molecule has 21 heavy (non-hydrogen) atoms. The van der Waals surface area contributed by atoms with Gasteiger partial charge in [0.2, 0.25) is 5.91 Å². The van der Waals surface area contributed by atoms with E-state index in [0.717, 1.165) is 10.6 Å². The van der Waals surface area contributed by atoms with E-state index < -0.39 is 6.04 Å². The van der Waals surface area contributed by atoms with Crippen molar-refractivity contribution >= 4 is 28.8 Å². The van der Waals surface area contributed by atoms with Gasteiger partial charge in [-0.3, -0.25) is 9.59 Å². The maximum Gasteiger partial charge on any atom is 0.251 e. The first-order chi connectivity index (χ1) is 10.2. The van der Waals surface area contributed by atoms with Crippen molar-refractivity contribution in [2.45, 2.75) is 25.9 Å². The van der Waals surface area contributed by atoms with Crippen molar-refractivity contribution in [2.24, 2.45) is 0 Å². The largest absolute Gasteiger partial charge is 0.300 e.